The molecule has 0 bridgehead atoms. The monoisotopic (exact) mass is 287 g/mol. The number of carbonyl (C=O) groups is 2. The maximum atomic E-state index is 10.8. The fourth-order valence-corrected chi connectivity index (χ4v) is 2.77. The van der Waals surface area contributed by atoms with Crippen LogP contribution in [0.15, 0.2) is 18.2 Å². The minimum Gasteiger partial charge on any atom is -0.480 e. The second kappa shape index (κ2) is 7.28. The standard InChI is InChI=1S/C12H14ClNO3S/c1-8-2-3-9(10(13)4-8)5-18-6-11(12(16)17)14-7-15/h2-4,7,11H,5-6H2,1H3,(H,14,15)(H,16,17). The molecule has 1 amide bonds. The quantitative estimate of drug-likeness (QED) is 0.754. The SMILES string of the molecule is Cc1ccc(CSCC(NC=O)C(=O)O)c(Cl)c1. The van der Waals surface area contributed by atoms with Crippen LogP contribution in [0.2, 0.25) is 5.02 Å². The van der Waals surface area contributed by atoms with Crippen molar-refractivity contribution in [3.05, 3.63) is 34.3 Å². The lowest BCUT2D eigenvalue weighted by molar-refractivity contribution is -0.139. The number of carboxylic acid groups (broad SMARTS) is 1. The molecule has 1 unspecified atom stereocenters. The largest absolute Gasteiger partial charge is 0.480 e. The van der Waals surface area contributed by atoms with Gasteiger partial charge in [-0.2, -0.15) is 11.8 Å². The Morgan fingerprint density at radius 3 is 2.89 bits per heavy atom. The van der Waals surface area contributed by atoms with Gasteiger partial charge in [0.05, 0.1) is 0 Å². The minimum absolute atomic E-state index is 0.304. The maximum Gasteiger partial charge on any atom is 0.327 e. The predicted octanol–water partition coefficient (Wildman–Crippen LogP) is 2.08. The van der Waals surface area contributed by atoms with Gasteiger partial charge in [-0.1, -0.05) is 23.7 Å². The number of aryl methyl sites for hydroxylation is 1. The van der Waals surface area contributed by atoms with Crippen molar-refractivity contribution in [3.8, 4) is 0 Å². The van der Waals surface area contributed by atoms with E-state index in [1.165, 1.54) is 11.8 Å². The Morgan fingerprint density at radius 1 is 1.61 bits per heavy atom. The molecular formula is C12H14ClNO3S. The number of rotatable bonds is 7. The van der Waals surface area contributed by atoms with Crippen molar-refractivity contribution < 1.29 is 14.7 Å². The first-order valence-corrected chi connectivity index (χ1v) is 6.83. The summed E-state index contributed by atoms with van der Waals surface area (Å²) in [7, 11) is 0. The molecule has 6 heteroatoms. The summed E-state index contributed by atoms with van der Waals surface area (Å²) in [5.74, 6) is -0.119. The first-order valence-electron chi connectivity index (χ1n) is 5.30. The van der Waals surface area contributed by atoms with Crippen molar-refractivity contribution >= 4 is 35.7 Å². The average molecular weight is 288 g/mol. The Bertz CT molecular complexity index is 439. The molecule has 1 aromatic carbocycles. The molecule has 0 aliphatic heterocycles. The second-order valence-electron chi connectivity index (χ2n) is 3.79. The van der Waals surface area contributed by atoms with E-state index in [4.69, 9.17) is 16.7 Å². The number of aliphatic carboxylic acids is 1. The summed E-state index contributed by atoms with van der Waals surface area (Å²) < 4.78 is 0. The fourth-order valence-electron chi connectivity index (χ4n) is 1.33. The van der Waals surface area contributed by atoms with Gasteiger partial charge in [-0.3, -0.25) is 4.79 Å². The van der Waals surface area contributed by atoms with Crippen LogP contribution in [-0.4, -0.2) is 29.3 Å². The van der Waals surface area contributed by atoms with Gasteiger partial charge in [0.25, 0.3) is 0 Å². The van der Waals surface area contributed by atoms with Crippen LogP contribution in [0.5, 0.6) is 0 Å². The summed E-state index contributed by atoms with van der Waals surface area (Å²) in [6, 6.07) is 4.89. The third kappa shape index (κ3) is 4.58. The van der Waals surface area contributed by atoms with E-state index in [0.717, 1.165) is 11.1 Å². The molecular weight excluding hydrogens is 274 g/mol. The van der Waals surface area contributed by atoms with E-state index in [0.29, 0.717) is 22.9 Å². The third-order valence-electron chi connectivity index (χ3n) is 2.32. The molecule has 0 aliphatic rings. The highest BCUT2D eigenvalue weighted by Gasteiger charge is 2.16. The summed E-state index contributed by atoms with van der Waals surface area (Å²) >= 11 is 7.48. The van der Waals surface area contributed by atoms with Crippen molar-refractivity contribution in [1.29, 1.82) is 0 Å². The Balaban J connectivity index is 2.49. The van der Waals surface area contributed by atoms with Crippen molar-refractivity contribution in [2.45, 2.75) is 18.7 Å². The van der Waals surface area contributed by atoms with Gasteiger partial charge in [0.1, 0.15) is 6.04 Å². The lowest BCUT2D eigenvalue weighted by Crippen LogP contribution is -2.37. The van der Waals surface area contributed by atoms with Crippen LogP contribution in [0, 0.1) is 6.92 Å². The Kier molecular flexibility index (Phi) is 6.01. The molecule has 0 aliphatic carbocycles. The van der Waals surface area contributed by atoms with Crippen LogP contribution < -0.4 is 5.32 Å². The van der Waals surface area contributed by atoms with Gasteiger partial charge >= 0.3 is 5.97 Å². The smallest absolute Gasteiger partial charge is 0.327 e. The van der Waals surface area contributed by atoms with Crippen molar-refractivity contribution in [2.75, 3.05) is 5.75 Å². The molecule has 1 rings (SSSR count). The molecule has 0 heterocycles. The van der Waals surface area contributed by atoms with Crippen LogP contribution in [0.4, 0.5) is 0 Å². The first-order chi connectivity index (χ1) is 8.54. The maximum absolute atomic E-state index is 10.8. The number of amides is 1. The van der Waals surface area contributed by atoms with Gasteiger partial charge in [0, 0.05) is 16.5 Å². The Labute approximate surface area is 115 Å². The fraction of sp³-hybridized carbons (Fsp3) is 0.333. The highest BCUT2D eigenvalue weighted by Crippen LogP contribution is 2.22. The molecule has 1 aromatic rings. The number of benzene rings is 1. The molecule has 1 atom stereocenters. The Morgan fingerprint density at radius 2 is 2.33 bits per heavy atom. The third-order valence-corrected chi connectivity index (χ3v) is 3.75. The van der Waals surface area contributed by atoms with E-state index in [9.17, 15) is 9.59 Å². The van der Waals surface area contributed by atoms with E-state index in [2.05, 4.69) is 5.32 Å². The van der Waals surface area contributed by atoms with Gasteiger partial charge in [0.2, 0.25) is 6.41 Å². The molecule has 98 valence electrons. The number of nitrogens with one attached hydrogen (secondary N) is 1. The second-order valence-corrected chi connectivity index (χ2v) is 5.22. The zero-order valence-electron chi connectivity index (χ0n) is 9.85. The number of carboxylic acids is 1. The number of hydrogen-bond acceptors (Lipinski definition) is 3. The molecule has 0 fully saturated rings. The summed E-state index contributed by atoms with van der Waals surface area (Å²) in [6.07, 6.45) is 0.401. The molecule has 2 N–H and O–H groups in total. The van der Waals surface area contributed by atoms with Crippen molar-refractivity contribution in [3.63, 3.8) is 0 Å². The molecule has 0 radical (unpaired) electrons. The molecule has 18 heavy (non-hydrogen) atoms. The van der Waals surface area contributed by atoms with E-state index < -0.39 is 12.0 Å². The lowest BCUT2D eigenvalue weighted by atomic mass is 10.2. The van der Waals surface area contributed by atoms with Gasteiger partial charge in [0.15, 0.2) is 0 Å². The molecule has 0 saturated heterocycles. The number of hydrogen-bond donors (Lipinski definition) is 2. The lowest BCUT2D eigenvalue weighted by Gasteiger charge is -2.11. The zero-order valence-corrected chi connectivity index (χ0v) is 11.4. The number of carbonyl (C=O) groups excluding carboxylic acids is 1. The van der Waals surface area contributed by atoms with E-state index >= 15 is 0 Å². The first kappa shape index (κ1) is 14.9. The summed E-state index contributed by atoms with van der Waals surface area (Å²) in [5, 5.41) is 11.8. The van der Waals surface area contributed by atoms with Crippen LogP contribution in [0.1, 0.15) is 11.1 Å². The van der Waals surface area contributed by atoms with Crippen LogP contribution in [0.3, 0.4) is 0 Å². The normalized spacial score (nSPS) is 11.9. The van der Waals surface area contributed by atoms with E-state index in [1.54, 1.807) is 0 Å². The number of thioether (sulfide) groups is 1. The summed E-state index contributed by atoms with van der Waals surface area (Å²) in [6.45, 7) is 1.96. The molecule has 0 spiro atoms. The van der Waals surface area contributed by atoms with Crippen LogP contribution in [0.25, 0.3) is 0 Å². The predicted molar refractivity (Wildman–Crippen MR) is 73.0 cm³/mol. The summed E-state index contributed by atoms with van der Waals surface area (Å²) in [4.78, 5) is 21.0. The van der Waals surface area contributed by atoms with Gasteiger partial charge in [-0.15, -0.1) is 0 Å². The Hall–Kier alpha value is -1.20. The molecule has 0 saturated carbocycles. The van der Waals surface area contributed by atoms with Crippen LogP contribution >= 0.6 is 23.4 Å². The number of halogens is 1. The highest BCUT2D eigenvalue weighted by molar-refractivity contribution is 7.98. The summed E-state index contributed by atoms with van der Waals surface area (Å²) in [5.41, 5.74) is 2.04. The van der Waals surface area contributed by atoms with Gasteiger partial charge < -0.3 is 10.4 Å². The molecule has 0 aromatic heterocycles. The minimum atomic E-state index is -1.04. The topological polar surface area (TPSA) is 66.4 Å². The van der Waals surface area contributed by atoms with Gasteiger partial charge in [-0.25, -0.2) is 4.79 Å². The molecule has 4 nitrogen and oxygen atoms in total. The van der Waals surface area contributed by atoms with Crippen molar-refractivity contribution in [2.24, 2.45) is 0 Å². The zero-order chi connectivity index (χ0) is 13.5. The van der Waals surface area contributed by atoms with Crippen LogP contribution in [-0.2, 0) is 15.3 Å². The van der Waals surface area contributed by atoms with Crippen molar-refractivity contribution in [1.82, 2.24) is 5.32 Å². The highest BCUT2D eigenvalue weighted by atomic mass is 35.5. The average Bonchev–Trinajstić information content (AvgIpc) is 2.30. The van der Waals surface area contributed by atoms with Gasteiger partial charge in [-0.05, 0) is 24.1 Å². The van der Waals surface area contributed by atoms with E-state index in [-0.39, 0.29) is 0 Å². The van der Waals surface area contributed by atoms with E-state index in [1.807, 2.05) is 25.1 Å².